The van der Waals surface area contributed by atoms with Crippen LogP contribution in [0.15, 0.2) is 36.5 Å². The van der Waals surface area contributed by atoms with Gasteiger partial charge in [-0.25, -0.2) is 4.68 Å². The number of aromatic nitrogens is 2. The predicted molar refractivity (Wildman–Crippen MR) is 88.6 cm³/mol. The summed E-state index contributed by atoms with van der Waals surface area (Å²) >= 11 is 0. The average molecular weight is 321 g/mol. The Morgan fingerprint density at radius 2 is 2.09 bits per heavy atom. The van der Waals surface area contributed by atoms with Crippen LogP contribution in [0.2, 0.25) is 0 Å². The molecule has 0 aliphatic heterocycles. The number of amides is 1. The van der Waals surface area contributed by atoms with E-state index in [4.69, 9.17) is 5.73 Å². The molecule has 1 aliphatic carbocycles. The van der Waals surface area contributed by atoms with Crippen molar-refractivity contribution in [2.45, 2.75) is 25.8 Å². The van der Waals surface area contributed by atoms with Crippen molar-refractivity contribution >= 4 is 18.3 Å². The first-order chi connectivity index (χ1) is 10.2. The van der Waals surface area contributed by atoms with Crippen LogP contribution in [0, 0.1) is 12.8 Å². The van der Waals surface area contributed by atoms with E-state index in [1.807, 2.05) is 37.3 Å². The summed E-state index contributed by atoms with van der Waals surface area (Å²) in [6, 6.07) is 9.87. The number of halogens is 1. The Labute approximate surface area is 136 Å². The number of nitrogens with zero attached hydrogens (tertiary/aromatic N) is 2. The minimum atomic E-state index is -0.0861. The lowest BCUT2D eigenvalue weighted by Crippen LogP contribution is -2.41. The number of benzene rings is 1. The lowest BCUT2D eigenvalue weighted by molar-refractivity contribution is 0.0933. The molecule has 22 heavy (non-hydrogen) atoms. The molecular weight excluding hydrogens is 300 g/mol. The van der Waals surface area contributed by atoms with Gasteiger partial charge in [-0.05, 0) is 37.8 Å². The summed E-state index contributed by atoms with van der Waals surface area (Å²) in [4.78, 5) is 12.4. The van der Waals surface area contributed by atoms with Gasteiger partial charge in [-0.2, -0.15) is 5.10 Å². The predicted octanol–water partition coefficient (Wildman–Crippen LogP) is 2.07. The fourth-order valence-corrected chi connectivity index (χ4v) is 2.58. The van der Waals surface area contributed by atoms with Crippen molar-refractivity contribution in [1.29, 1.82) is 0 Å². The lowest BCUT2D eigenvalue weighted by Gasteiger charge is -2.15. The molecule has 0 radical (unpaired) electrons. The van der Waals surface area contributed by atoms with Crippen LogP contribution in [-0.4, -0.2) is 28.3 Å². The Morgan fingerprint density at radius 3 is 2.68 bits per heavy atom. The van der Waals surface area contributed by atoms with Crippen molar-refractivity contribution in [3.05, 3.63) is 47.8 Å². The molecule has 5 nitrogen and oxygen atoms in total. The molecule has 3 rings (SSSR count). The topological polar surface area (TPSA) is 72.9 Å². The number of carbonyl (C=O) groups excluding carboxylic acids is 1. The zero-order chi connectivity index (χ0) is 14.8. The highest BCUT2D eigenvalue weighted by Crippen LogP contribution is 2.32. The Hall–Kier alpha value is -1.85. The molecule has 1 aliphatic rings. The standard InChI is InChI=1S/C16H20N4O.ClH/c1-11-14(16(21)19-15(9-17)12-7-8-12)10-18-20(11)13-5-3-2-4-6-13;/h2-6,10,12,15H,7-9,17H2,1H3,(H,19,21);1H. The van der Waals surface area contributed by atoms with E-state index < -0.39 is 0 Å². The van der Waals surface area contributed by atoms with E-state index in [9.17, 15) is 4.79 Å². The third-order valence-electron chi connectivity index (χ3n) is 4.02. The molecule has 1 aromatic carbocycles. The Kier molecular flexibility index (Phi) is 5.21. The lowest BCUT2D eigenvalue weighted by atomic mass is 10.1. The Balaban J connectivity index is 0.00000176. The van der Waals surface area contributed by atoms with Crippen molar-refractivity contribution in [2.75, 3.05) is 6.54 Å². The first kappa shape index (κ1) is 16.5. The SMILES string of the molecule is Cc1c(C(=O)NC(CN)C2CC2)cnn1-c1ccccc1.Cl. The van der Waals surface area contributed by atoms with Gasteiger partial charge in [-0.3, -0.25) is 4.79 Å². The largest absolute Gasteiger partial charge is 0.348 e. The maximum absolute atomic E-state index is 12.4. The molecule has 1 fully saturated rings. The molecule has 118 valence electrons. The second kappa shape index (κ2) is 6.94. The normalized spacial score (nSPS) is 15.0. The van der Waals surface area contributed by atoms with Crippen LogP contribution in [0.4, 0.5) is 0 Å². The third-order valence-corrected chi connectivity index (χ3v) is 4.02. The van der Waals surface area contributed by atoms with Gasteiger partial charge in [-0.1, -0.05) is 18.2 Å². The molecule has 1 heterocycles. The third kappa shape index (κ3) is 3.31. The van der Waals surface area contributed by atoms with Gasteiger partial charge < -0.3 is 11.1 Å². The van der Waals surface area contributed by atoms with Gasteiger partial charge in [0.2, 0.25) is 0 Å². The van der Waals surface area contributed by atoms with Crippen molar-refractivity contribution in [2.24, 2.45) is 11.7 Å². The number of para-hydroxylation sites is 1. The van der Waals surface area contributed by atoms with Gasteiger partial charge >= 0.3 is 0 Å². The number of hydrogen-bond donors (Lipinski definition) is 2. The summed E-state index contributed by atoms with van der Waals surface area (Å²) in [5.41, 5.74) is 8.14. The maximum Gasteiger partial charge on any atom is 0.255 e. The number of nitrogens with two attached hydrogens (primary N) is 1. The van der Waals surface area contributed by atoms with Crippen LogP contribution in [0.5, 0.6) is 0 Å². The van der Waals surface area contributed by atoms with E-state index in [0.717, 1.165) is 24.2 Å². The smallest absolute Gasteiger partial charge is 0.255 e. The molecule has 1 aromatic heterocycles. The number of rotatable bonds is 5. The maximum atomic E-state index is 12.4. The van der Waals surface area contributed by atoms with E-state index in [1.54, 1.807) is 10.9 Å². The fourth-order valence-electron chi connectivity index (χ4n) is 2.58. The second-order valence-electron chi connectivity index (χ2n) is 5.54. The number of nitrogens with one attached hydrogen (secondary N) is 1. The molecule has 0 spiro atoms. The van der Waals surface area contributed by atoms with Gasteiger partial charge in [0.25, 0.3) is 5.91 Å². The molecule has 1 amide bonds. The van der Waals surface area contributed by atoms with Crippen LogP contribution in [0.3, 0.4) is 0 Å². The first-order valence-corrected chi connectivity index (χ1v) is 7.31. The molecule has 0 saturated heterocycles. The molecule has 1 atom stereocenters. The highest BCUT2D eigenvalue weighted by atomic mass is 35.5. The van der Waals surface area contributed by atoms with Crippen LogP contribution >= 0.6 is 12.4 Å². The fraction of sp³-hybridized carbons (Fsp3) is 0.375. The monoisotopic (exact) mass is 320 g/mol. The molecule has 1 saturated carbocycles. The highest BCUT2D eigenvalue weighted by Gasteiger charge is 2.32. The Bertz CT molecular complexity index is 637. The van der Waals surface area contributed by atoms with E-state index in [-0.39, 0.29) is 24.4 Å². The van der Waals surface area contributed by atoms with Crippen molar-refractivity contribution in [3.8, 4) is 5.69 Å². The van der Waals surface area contributed by atoms with E-state index in [2.05, 4.69) is 10.4 Å². The highest BCUT2D eigenvalue weighted by molar-refractivity contribution is 5.95. The van der Waals surface area contributed by atoms with Crippen LogP contribution in [0.25, 0.3) is 5.69 Å². The van der Waals surface area contributed by atoms with Gasteiger partial charge in [-0.15, -0.1) is 12.4 Å². The molecule has 0 bridgehead atoms. The minimum Gasteiger partial charge on any atom is -0.348 e. The first-order valence-electron chi connectivity index (χ1n) is 7.31. The number of hydrogen-bond acceptors (Lipinski definition) is 3. The van der Waals surface area contributed by atoms with Crippen molar-refractivity contribution in [1.82, 2.24) is 15.1 Å². The van der Waals surface area contributed by atoms with E-state index in [1.165, 1.54) is 0 Å². The molecule has 1 unspecified atom stereocenters. The van der Waals surface area contributed by atoms with Gasteiger partial charge in [0.05, 0.1) is 23.1 Å². The quantitative estimate of drug-likeness (QED) is 0.885. The van der Waals surface area contributed by atoms with Crippen LogP contribution in [-0.2, 0) is 0 Å². The number of carbonyl (C=O) groups is 1. The Morgan fingerprint density at radius 1 is 1.41 bits per heavy atom. The van der Waals surface area contributed by atoms with Crippen molar-refractivity contribution in [3.63, 3.8) is 0 Å². The molecule has 6 heteroatoms. The summed E-state index contributed by atoms with van der Waals surface area (Å²) in [5.74, 6) is 0.459. The minimum absolute atomic E-state index is 0. The van der Waals surface area contributed by atoms with Crippen molar-refractivity contribution < 1.29 is 4.79 Å². The summed E-state index contributed by atoms with van der Waals surface area (Å²) in [5, 5.41) is 7.36. The summed E-state index contributed by atoms with van der Waals surface area (Å²) in [7, 11) is 0. The summed E-state index contributed by atoms with van der Waals surface area (Å²) < 4.78 is 1.78. The zero-order valence-electron chi connectivity index (χ0n) is 12.5. The van der Waals surface area contributed by atoms with E-state index in [0.29, 0.717) is 18.0 Å². The zero-order valence-corrected chi connectivity index (χ0v) is 13.3. The molecule has 3 N–H and O–H groups in total. The van der Waals surface area contributed by atoms with E-state index >= 15 is 0 Å². The summed E-state index contributed by atoms with van der Waals surface area (Å²) in [6.07, 6.45) is 3.94. The molecule has 2 aromatic rings. The average Bonchev–Trinajstić information content (AvgIpc) is 3.28. The van der Waals surface area contributed by atoms with Crippen LogP contribution in [0.1, 0.15) is 28.9 Å². The van der Waals surface area contributed by atoms with Gasteiger partial charge in [0.15, 0.2) is 0 Å². The van der Waals surface area contributed by atoms with Gasteiger partial charge in [0, 0.05) is 12.6 Å². The van der Waals surface area contributed by atoms with Crippen LogP contribution < -0.4 is 11.1 Å². The molecular formula is C16H21ClN4O. The second-order valence-corrected chi connectivity index (χ2v) is 5.54. The van der Waals surface area contributed by atoms with Gasteiger partial charge in [0.1, 0.15) is 0 Å². The summed E-state index contributed by atoms with van der Waals surface area (Å²) in [6.45, 7) is 2.39.